The van der Waals surface area contributed by atoms with Crippen molar-refractivity contribution in [2.24, 2.45) is 0 Å². The zero-order valence-corrected chi connectivity index (χ0v) is 21.8. The molecular weight excluding hydrogens is 649 g/mol. The molecule has 106 valence electrons. The zero-order valence-electron chi connectivity index (χ0n) is 9.33. The minimum atomic E-state index is 0. The van der Waals surface area contributed by atoms with Gasteiger partial charge in [0, 0.05) is 0 Å². The number of hydrogen-bond donors (Lipinski definition) is 0. The third-order valence-corrected chi connectivity index (χ3v) is 3.37. The molecule has 2 aliphatic carbocycles. The number of allylic oxidation sites excluding steroid dienone is 8. The van der Waals surface area contributed by atoms with Crippen LogP contribution in [0.4, 0.5) is 0 Å². The van der Waals surface area contributed by atoms with E-state index >= 15 is 0 Å². The molecule has 0 spiro atoms. The molecule has 0 amide bonds. The van der Waals surface area contributed by atoms with Crippen LogP contribution in [0.3, 0.4) is 0 Å². The Hall–Kier alpha value is 3.04. The minimum absolute atomic E-state index is 0. The van der Waals surface area contributed by atoms with Gasteiger partial charge in [0.25, 0.3) is 0 Å². The van der Waals surface area contributed by atoms with Crippen LogP contribution in [0.25, 0.3) is 0 Å². The van der Waals surface area contributed by atoms with Gasteiger partial charge in [-0.2, -0.15) is 0 Å². The van der Waals surface area contributed by atoms with Crippen LogP contribution in [0.5, 0.6) is 0 Å². The molecule has 0 atom stereocenters. The van der Waals surface area contributed by atoms with E-state index in [4.69, 9.17) is 0 Å². The molecule has 0 bridgehead atoms. The van der Waals surface area contributed by atoms with Gasteiger partial charge in [0.05, 0.1) is 0 Å². The predicted octanol–water partition coefficient (Wildman–Crippen LogP) is 5.75. The Morgan fingerprint density at radius 1 is 0.667 bits per heavy atom. The van der Waals surface area contributed by atoms with Gasteiger partial charge in [-0.05, 0) is 0 Å². The van der Waals surface area contributed by atoms with Crippen molar-refractivity contribution in [3.63, 3.8) is 0 Å². The Morgan fingerprint density at radius 3 is 1.00 bits per heavy atom. The summed E-state index contributed by atoms with van der Waals surface area (Å²) in [5, 5.41) is 0. The molecule has 0 fully saturated rings. The summed E-state index contributed by atoms with van der Waals surface area (Å²) in [4.78, 5) is 0. The monoisotopic (exact) mass is 658 g/mol. The summed E-state index contributed by atoms with van der Waals surface area (Å²) in [7, 11) is 0. The second-order valence-corrected chi connectivity index (χ2v) is 5.81. The predicted molar refractivity (Wildman–Crippen MR) is 96.4 cm³/mol. The molecule has 0 aromatic rings. The quantitative estimate of drug-likeness (QED) is 0.310. The van der Waals surface area contributed by atoms with Gasteiger partial charge >= 0.3 is 105 Å². The molecule has 0 N–H and O–H groups in total. The first-order valence-corrected chi connectivity index (χ1v) is 6.39. The number of rotatable bonds is 0. The van der Waals surface area contributed by atoms with Crippen LogP contribution in [0.1, 0.15) is 12.8 Å². The molecule has 0 aromatic heterocycles. The SMILES string of the molecule is Br.Br.Br.Cl.Cl.Cl.[Zr][C]1=CC=CC1.[Zr][C]1=CC=CC1. The topological polar surface area (TPSA) is 0 Å². The van der Waals surface area contributed by atoms with E-state index in [0.29, 0.717) is 0 Å². The third kappa shape index (κ3) is 21.3. The van der Waals surface area contributed by atoms with Gasteiger partial charge in [0.2, 0.25) is 0 Å². The van der Waals surface area contributed by atoms with E-state index in [9.17, 15) is 0 Å². The van der Waals surface area contributed by atoms with Crippen LogP contribution in [0.15, 0.2) is 43.0 Å². The van der Waals surface area contributed by atoms with Gasteiger partial charge in [-0.1, -0.05) is 0 Å². The molecule has 0 aliphatic heterocycles. The molecule has 0 aromatic carbocycles. The summed E-state index contributed by atoms with van der Waals surface area (Å²) in [6, 6.07) is 0. The van der Waals surface area contributed by atoms with E-state index in [-0.39, 0.29) is 88.2 Å². The van der Waals surface area contributed by atoms with Gasteiger partial charge in [-0.3, -0.25) is 0 Å². The first kappa shape index (κ1) is 37.4. The fourth-order valence-electron chi connectivity index (χ4n) is 0.894. The Balaban J connectivity index is -0.0000000300. The first-order valence-electron chi connectivity index (χ1n) is 3.93. The second kappa shape index (κ2) is 25.0. The van der Waals surface area contributed by atoms with E-state index in [1.165, 1.54) is 12.8 Å². The Bertz CT molecular complexity index is 252. The summed E-state index contributed by atoms with van der Waals surface area (Å²) in [6.07, 6.45) is 15.4. The first-order chi connectivity index (χ1) is 5.79. The Kier molecular flexibility index (Phi) is 51.9. The van der Waals surface area contributed by atoms with Crippen molar-refractivity contribution in [2.45, 2.75) is 12.8 Å². The molecule has 0 saturated heterocycles. The van der Waals surface area contributed by atoms with Gasteiger partial charge < -0.3 is 0 Å². The van der Waals surface area contributed by atoms with E-state index in [0.717, 1.165) is 0 Å². The molecule has 2 aliphatic rings. The molecule has 8 heteroatoms. The maximum atomic E-state index is 2.18. The summed E-state index contributed by atoms with van der Waals surface area (Å²) < 4.78 is 3.12. The number of halogens is 6. The molecular formula is C10H16Br3Cl3Zr2. The van der Waals surface area contributed by atoms with Crippen LogP contribution >= 0.6 is 88.2 Å². The van der Waals surface area contributed by atoms with E-state index < -0.39 is 0 Å². The van der Waals surface area contributed by atoms with Crippen molar-refractivity contribution < 1.29 is 49.4 Å². The van der Waals surface area contributed by atoms with Crippen molar-refractivity contribution in [1.29, 1.82) is 0 Å². The molecule has 0 nitrogen and oxygen atoms in total. The molecule has 0 unspecified atom stereocenters. The van der Waals surface area contributed by atoms with E-state index in [1.54, 1.807) is 56.0 Å². The molecule has 18 heavy (non-hydrogen) atoms. The van der Waals surface area contributed by atoms with E-state index in [1.807, 2.05) is 0 Å². The molecule has 0 heterocycles. The Morgan fingerprint density at radius 2 is 0.944 bits per heavy atom. The second-order valence-electron chi connectivity index (χ2n) is 2.65. The maximum absolute atomic E-state index is 2.18. The van der Waals surface area contributed by atoms with Crippen LogP contribution in [-0.4, -0.2) is 0 Å². The van der Waals surface area contributed by atoms with Gasteiger partial charge in [-0.25, -0.2) is 0 Å². The fourth-order valence-corrected chi connectivity index (χ4v) is 1.95. The Labute approximate surface area is 190 Å². The average Bonchev–Trinajstić information content (AvgIpc) is 2.63. The standard InChI is InChI=1S/2C5H5.3BrH.3ClH.2Zr/c2*1-2-4-5-3-1;;;;;;;;/h2*1-3H,4H2;6*1H;;. The van der Waals surface area contributed by atoms with Crippen molar-refractivity contribution >= 4 is 88.2 Å². The summed E-state index contributed by atoms with van der Waals surface area (Å²) in [5.74, 6) is 0. The molecule has 2 rings (SSSR count). The van der Waals surface area contributed by atoms with Crippen LogP contribution in [0.2, 0.25) is 0 Å². The van der Waals surface area contributed by atoms with Crippen molar-refractivity contribution in [3.8, 4) is 0 Å². The van der Waals surface area contributed by atoms with Crippen molar-refractivity contribution in [3.05, 3.63) is 43.0 Å². The third-order valence-electron chi connectivity index (χ3n) is 1.54. The van der Waals surface area contributed by atoms with Crippen LogP contribution in [-0.2, 0) is 49.4 Å². The van der Waals surface area contributed by atoms with Gasteiger partial charge in [-0.15, -0.1) is 88.2 Å². The van der Waals surface area contributed by atoms with Crippen LogP contribution in [0, 0.1) is 0 Å². The van der Waals surface area contributed by atoms with Gasteiger partial charge in [0.1, 0.15) is 0 Å². The summed E-state index contributed by atoms with van der Waals surface area (Å²) in [5.41, 5.74) is 0. The fraction of sp³-hybridized carbons (Fsp3) is 0.200. The van der Waals surface area contributed by atoms with Crippen molar-refractivity contribution in [1.82, 2.24) is 0 Å². The summed E-state index contributed by atoms with van der Waals surface area (Å²) in [6.45, 7) is 0. The average molecular weight is 665 g/mol. The van der Waals surface area contributed by atoms with Gasteiger partial charge in [0.15, 0.2) is 0 Å². The van der Waals surface area contributed by atoms with Crippen LogP contribution < -0.4 is 0 Å². The normalized spacial score (nSPS) is 12.1. The zero-order chi connectivity index (χ0) is 8.81. The molecule has 0 saturated carbocycles. The number of hydrogen-bond acceptors (Lipinski definition) is 0. The van der Waals surface area contributed by atoms with E-state index in [2.05, 4.69) is 36.5 Å². The summed E-state index contributed by atoms with van der Waals surface area (Å²) >= 11 is 3.13. The van der Waals surface area contributed by atoms with Crippen molar-refractivity contribution in [2.75, 3.05) is 0 Å². The molecule has 0 radical (unpaired) electrons.